The number of halogens is 3. The highest BCUT2D eigenvalue weighted by atomic mass is 31.2. The summed E-state index contributed by atoms with van der Waals surface area (Å²) in [5.74, 6) is -1.81. The Morgan fingerprint density at radius 2 is 1.21 bits per heavy atom. The minimum atomic E-state index is -4.68. The van der Waals surface area contributed by atoms with Gasteiger partial charge in [-0.2, -0.15) is 13.2 Å². The molecule has 0 aromatic heterocycles. The fourth-order valence-electron chi connectivity index (χ4n) is 4.90. The van der Waals surface area contributed by atoms with E-state index in [9.17, 15) is 22.8 Å². The molecule has 0 amide bonds. The van der Waals surface area contributed by atoms with Crippen molar-refractivity contribution in [1.29, 1.82) is 0 Å². The van der Waals surface area contributed by atoms with Crippen molar-refractivity contribution in [2.45, 2.75) is 50.2 Å². The number of hydrogen-bond donors (Lipinski definition) is 1. The number of ether oxygens (including phenoxy) is 3. The topological polar surface area (TPSA) is 74.2 Å². The molecule has 0 bridgehead atoms. The summed E-state index contributed by atoms with van der Waals surface area (Å²) in [6, 6.07) is 31.9. The molecule has 1 heterocycles. The van der Waals surface area contributed by atoms with Gasteiger partial charge in [0.1, 0.15) is 18.3 Å². The highest BCUT2D eigenvalue weighted by Gasteiger charge is 2.54. The van der Waals surface area contributed by atoms with Crippen molar-refractivity contribution in [2.24, 2.45) is 0 Å². The molecule has 5 atom stereocenters. The Balaban J connectivity index is 1.48. The first kappa shape index (κ1) is 31.1. The van der Waals surface area contributed by atoms with Crippen LogP contribution in [-0.4, -0.2) is 35.9 Å². The van der Waals surface area contributed by atoms with Crippen LogP contribution in [0, 0.1) is 0 Å². The summed E-state index contributed by atoms with van der Waals surface area (Å²) in [4.78, 5) is 0. The average molecular weight is 613 g/mol. The second-order valence-electron chi connectivity index (χ2n) is 10.2. The molecule has 4 aromatic carbocycles. The van der Waals surface area contributed by atoms with Gasteiger partial charge in [0.2, 0.25) is 0 Å². The lowest BCUT2D eigenvalue weighted by Crippen LogP contribution is -2.55. The molecule has 0 saturated carbocycles. The minimum absolute atomic E-state index is 0.0357. The van der Waals surface area contributed by atoms with E-state index in [2.05, 4.69) is 0 Å². The summed E-state index contributed by atoms with van der Waals surface area (Å²) in [6.45, 7) is 0.247. The van der Waals surface area contributed by atoms with Gasteiger partial charge in [-0.3, -0.25) is 4.57 Å². The van der Waals surface area contributed by atoms with Gasteiger partial charge in [0.25, 0.3) is 7.37 Å². The van der Waals surface area contributed by atoms with Gasteiger partial charge in [-0.1, -0.05) is 97.1 Å². The molecule has 0 unspecified atom stereocenters. The van der Waals surface area contributed by atoms with Crippen molar-refractivity contribution in [2.75, 3.05) is 6.61 Å². The van der Waals surface area contributed by atoms with Gasteiger partial charge in [-0.05, 0) is 34.9 Å². The summed E-state index contributed by atoms with van der Waals surface area (Å²) in [5.41, 5.74) is 1.51. The third kappa shape index (κ3) is 7.81. The number of aliphatic hydroxyl groups is 1. The van der Waals surface area contributed by atoms with E-state index in [4.69, 9.17) is 18.7 Å². The molecule has 1 N–H and O–H groups in total. The zero-order valence-corrected chi connectivity index (χ0v) is 24.1. The Bertz CT molecular complexity index is 1490. The lowest BCUT2D eigenvalue weighted by molar-refractivity contribution is -0.174. The van der Waals surface area contributed by atoms with E-state index in [1.165, 1.54) is 6.07 Å². The van der Waals surface area contributed by atoms with Gasteiger partial charge in [-0.25, -0.2) is 0 Å². The molecular formula is C33H32F3O6P. The zero-order chi connectivity index (χ0) is 30.3. The molecule has 0 spiro atoms. The molecule has 43 heavy (non-hydrogen) atoms. The SMILES string of the molecule is O=[P@]1(c2cccc(C(F)(F)F)c2)O[C@H](COCc2ccccc2)[C@@H](OCc2ccccc2)[C@H](OCc2ccccc2)[C@H]1O. The number of hydrogen-bond acceptors (Lipinski definition) is 6. The van der Waals surface area contributed by atoms with Crippen molar-refractivity contribution in [3.63, 3.8) is 0 Å². The maximum absolute atomic E-state index is 14.5. The molecule has 4 aromatic rings. The predicted molar refractivity (Wildman–Crippen MR) is 156 cm³/mol. The van der Waals surface area contributed by atoms with Crippen molar-refractivity contribution < 1.29 is 41.6 Å². The molecule has 1 aliphatic rings. The first-order chi connectivity index (χ1) is 20.7. The first-order valence-corrected chi connectivity index (χ1v) is 15.5. The smallest absolute Gasteiger partial charge is 0.380 e. The van der Waals surface area contributed by atoms with Gasteiger partial charge in [0.15, 0.2) is 5.85 Å². The van der Waals surface area contributed by atoms with Crippen LogP contribution in [0.25, 0.3) is 0 Å². The Kier molecular flexibility index (Phi) is 10.1. The van der Waals surface area contributed by atoms with Crippen LogP contribution in [0.2, 0.25) is 0 Å². The second-order valence-corrected chi connectivity index (χ2v) is 12.7. The Labute approximate surface area is 248 Å². The van der Waals surface area contributed by atoms with Gasteiger partial charge >= 0.3 is 6.18 Å². The van der Waals surface area contributed by atoms with Crippen LogP contribution in [-0.2, 0) is 49.3 Å². The summed E-state index contributed by atoms with van der Waals surface area (Å²) in [7, 11) is -4.36. The third-order valence-electron chi connectivity index (χ3n) is 7.12. The normalized spacial score (nSPS) is 24.1. The maximum atomic E-state index is 14.5. The lowest BCUT2D eigenvalue weighted by Gasteiger charge is -2.44. The molecule has 10 heteroatoms. The lowest BCUT2D eigenvalue weighted by atomic mass is 10.1. The molecule has 1 fully saturated rings. The van der Waals surface area contributed by atoms with Gasteiger partial charge in [0.05, 0.1) is 32.0 Å². The van der Waals surface area contributed by atoms with Crippen LogP contribution in [0.1, 0.15) is 22.3 Å². The number of alkyl halides is 3. The quantitative estimate of drug-likeness (QED) is 0.190. The number of aliphatic hydroxyl groups excluding tert-OH is 1. The van der Waals surface area contributed by atoms with Crippen LogP contribution in [0.4, 0.5) is 13.2 Å². The largest absolute Gasteiger partial charge is 0.416 e. The molecule has 0 aliphatic carbocycles. The molecule has 1 saturated heterocycles. The summed E-state index contributed by atoms with van der Waals surface area (Å²) >= 11 is 0. The minimum Gasteiger partial charge on any atom is -0.380 e. The fraction of sp³-hybridized carbons (Fsp3) is 0.273. The third-order valence-corrected chi connectivity index (χ3v) is 9.69. The van der Waals surface area contributed by atoms with Gasteiger partial charge in [-0.15, -0.1) is 0 Å². The van der Waals surface area contributed by atoms with Crippen LogP contribution in [0.15, 0.2) is 115 Å². The molecule has 226 valence electrons. The van der Waals surface area contributed by atoms with Crippen LogP contribution < -0.4 is 5.30 Å². The van der Waals surface area contributed by atoms with E-state index < -0.39 is 43.3 Å². The van der Waals surface area contributed by atoms with E-state index >= 15 is 0 Å². The monoisotopic (exact) mass is 612 g/mol. The highest BCUT2D eigenvalue weighted by molar-refractivity contribution is 7.67. The van der Waals surface area contributed by atoms with Crippen LogP contribution in [0.3, 0.4) is 0 Å². The van der Waals surface area contributed by atoms with E-state index in [0.29, 0.717) is 0 Å². The van der Waals surface area contributed by atoms with E-state index in [-0.39, 0.29) is 31.7 Å². The summed E-state index contributed by atoms with van der Waals surface area (Å²) in [6.07, 6.45) is -7.92. The predicted octanol–water partition coefficient (Wildman–Crippen LogP) is 6.71. The van der Waals surface area contributed by atoms with Crippen molar-refractivity contribution in [1.82, 2.24) is 0 Å². The molecule has 0 radical (unpaired) electrons. The van der Waals surface area contributed by atoms with Gasteiger partial charge < -0.3 is 23.8 Å². The highest BCUT2D eigenvalue weighted by Crippen LogP contribution is 2.57. The van der Waals surface area contributed by atoms with Crippen LogP contribution in [0.5, 0.6) is 0 Å². The number of rotatable bonds is 11. The van der Waals surface area contributed by atoms with E-state index in [1.54, 1.807) is 0 Å². The maximum Gasteiger partial charge on any atom is 0.416 e. The first-order valence-electron chi connectivity index (χ1n) is 13.8. The average Bonchev–Trinajstić information content (AvgIpc) is 3.02. The van der Waals surface area contributed by atoms with E-state index in [0.717, 1.165) is 34.9 Å². The standard InChI is InChI=1S/C33H32F3O6P/c34-33(35,36)27-17-10-18-28(19-27)43(38)32(37)31(41-22-26-15-8-3-9-16-26)30(40-21-25-13-6-2-7-14-25)29(42-43)23-39-20-24-11-4-1-5-12-24/h1-19,29-32,37H,20-23H2/t29-,30-,31+,32+,43-/m1/s1. The van der Waals surface area contributed by atoms with Gasteiger partial charge in [0, 0.05) is 5.30 Å². The van der Waals surface area contributed by atoms with E-state index in [1.807, 2.05) is 91.0 Å². The second kappa shape index (κ2) is 14.0. The zero-order valence-electron chi connectivity index (χ0n) is 23.2. The van der Waals surface area contributed by atoms with Crippen molar-refractivity contribution in [3.8, 4) is 0 Å². The summed E-state index contributed by atoms with van der Waals surface area (Å²) in [5, 5.41) is 11.3. The Hall–Kier alpha value is -3.30. The Morgan fingerprint density at radius 3 is 1.74 bits per heavy atom. The molecule has 5 rings (SSSR count). The summed E-state index contributed by atoms with van der Waals surface area (Å²) < 4.78 is 79.8. The van der Waals surface area contributed by atoms with Crippen LogP contribution >= 0.6 is 7.37 Å². The molecule has 1 aliphatic heterocycles. The van der Waals surface area contributed by atoms with Crippen molar-refractivity contribution in [3.05, 3.63) is 138 Å². The van der Waals surface area contributed by atoms with Crippen molar-refractivity contribution >= 4 is 12.7 Å². The fourth-order valence-corrected chi connectivity index (χ4v) is 7.29. The number of benzene rings is 4. The molecule has 6 nitrogen and oxygen atoms in total. The Morgan fingerprint density at radius 1 is 0.698 bits per heavy atom. The molecular weight excluding hydrogens is 580 g/mol.